The lowest BCUT2D eigenvalue weighted by molar-refractivity contribution is 0.0286. The Kier molecular flexibility index (Phi) is 4.26. The van der Waals surface area contributed by atoms with Gasteiger partial charge in [0.25, 0.3) is 0 Å². The van der Waals surface area contributed by atoms with E-state index in [9.17, 15) is 0 Å². The van der Waals surface area contributed by atoms with Crippen LogP contribution in [0.4, 0.5) is 5.69 Å². The van der Waals surface area contributed by atoms with Gasteiger partial charge in [-0.05, 0) is 31.5 Å². The molecule has 0 bridgehead atoms. The Morgan fingerprint density at radius 3 is 3.06 bits per heavy atom. The zero-order valence-electron chi connectivity index (χ0n) is 10.2. The van der Waals surface area contributed by atoms with Gasteiger partial charge in [0, 0.05) is 36.5 Å². The van der Waals surface area contributed by atoms with Crippen LogP contribution in [0.15, 0.2) is 18.2 Å². The van der Waals surface area contributed by atoms with Crippen molar-refractivity contribution in [2.24, 2.45) is 0 Å². The predicted octanol–water partition coefficient (Wildman–Crippen LogP) is 2.53. The number of hydrogen-bond donors (Lipinski definition) is 1. The van der Waals surface area contributed by atoms with E-state index in [4.69, 9.17) is 22.1 Å². The third kappa shape index (κ3) is 3.12. The second-order valence-corrected chi connectivity index (χ2v) is 4.95. The Bertz CT molecular complexity index is 363. The highest BCUT2D eigenvalue weighted by Crippen LogP contribution is 2.25. The number of ether oxygens (including phenoxy) is 1. The van der Waals surface area contributed by atoms with Crippen LogP contribution >= 0.6 is 11.6 Å². The molecule has 94 valence electrons. The van der Waals surface area contributed by atoms with E-state index in [0.717, 1.165) is 42.3 Å². The van der Waals surface area contributed by atoms with Gasteiger partial charge in [-0.25, -0.2) is 0 Å². The van der Waals surface area contributed by atoms with Crippen molar-refractivity contribution in [3.63, 3.8) is 0 Å². The van der Waals surface area contributed by atoms with Crippen molar-refractivity contribution in [2.45, 2.75) is 25.5 Å². The van der Waals surface area contributed by atoms with Crippen LogP contribution in [0.2, 0.25) is 5.02 Å². The highest BCUT2D eigenvalue weighted by molar-refractivity contribution is 6.31. The van der Waals surface area contributed by atoms with E-state index < -0.39 is 0 Å². The number of nitrogens with zero attached hydrogens (tertiary/aromatic N) is 1. The lowest BCUT2D eigenvalue weighted by Gasteiger charge is -2.32. The summed E-state index contributed by atoms with van der Waals surface area (Å²) in [6.45, 7) is 2.86. The summed E-state index contributed by atoms with van der Waals surface area (Å²) in [5.41, 5.74) is 7.77. The number of rotatable bonds is 3. The number of benzene rings is 1. The van der Waals surface area contributed by atoms with Crippen molar-refractivity contribution in [3.8, 4) is 0 Å². The molecule has 1 fully saturated rings. The zero-order chi connectivity index (χ0) is 12.3. The van der Waals surface area contributed by atoms with Crippen LogP contribution in [-0.2, 0) is 11.3 Å². The van der Waals surface area contributed by atoms with Crippen LogP contribution in [0.5, 0.6) is 0 Å². The fourth-order valence-corrected chi connectivity index (χ4v) is 2.56. The Hall–Kier alpha value is -0.770. The monoisotopic (exact) mass is 254 g/mol. The van der Waals surface area contributed by atoms with Crippen molar-refractivity contribution in [3.05, 3.63) is 28.8 Å². The molecule has 1 aliphatic heterocycles. The van der Waals surface area contributed by atoms with Crippen LogP contribution < -0.4 is 5.73 Å². The number of hydrogen-bond acceptors (Lipinski definition) is 3. The molecule has 3 nitrogen and oxygen atoms in total. The summed E-state index contributed by atoms with van der Waals surface area (Å²) in [6, 6.07) is 5.68. The number of nitrogens with two attached hydrogens (primary N) is 1. The summed E-state index contributed by atoms with van der Waals surface area (Å²) in [5.74, 6) is 0. The summed E-state index contributed by atoms with van der Waals surface area (Å²) < 4.78 is 5.41. The SMILES string of the molecule is COC1CCCN(Cc2c(N)cccc2Cl)C1. The maximum atomic E-state index is 6.18. The Morgan fingerprint density at radius 1 is 1.53 bits per heavy atom. The Labute approximate surface area is 107 Å². The van der Waals surface area contributed by atoms with Gasteiger partial charge in [0.05, 0.1) is 6.10 Å². The molecule has 2 N–H and O–H groups in total. The van der Waals surface area contributed by atoms with Gasteiger partial charge in [-0.1, -0.05) is 17.7 Å². The van der Waals surface area contributed by atoms with Gasteiger partial charge < -0.3 is 10.5 Å². The molecular formula is C13H19ClN2O. The van der Waals surface area contributed by atoms with Gasteiger partial charge >= 0.3 is 0 Å². The largest absolute Gasteiger partial charge is 0.398 e. The Morgan fingerprint density at radius 2 is 2.35 bits per heavy atom. The van der Waals surface area contributed by atoms with Gasteiger partial charge in [0.15, 0.2) is 0 Å². The van der Waals surface area contributed by atoms with Gasteiger partial charge in [-0.2, -0.15) is 0 Å². The van der Waals surface area contributed by atoms with Gasteiger partial charge in [-0.3, -0.25) is 4.90 Å². The second kappa shape index (κ2) is 5.71. The molecule has 1 aliphatic rings. The Balaban J connectivity index is 2.05. The first-order valence-corrected chi connectivity index (χ1v) is 6.36. The summed E-state index contributed by atoms with van der Waals surface area (Å²) in [7, 11) is 1.78. The van der Waals surface area contributed by atoms with Crippen LogP contribution in [0, 0.1) is 0 Å². The minimum Gasteiger partial charge on any atom is -0.398 e. The number of piperidine rings is 1. The average molecular weight is 255 g/mol. The topological polar surface area (TPSA) is 38.5 Å². The summed E-state index contributed by atoms with van der Waals surface area (Å²) >= 11 is 6.18. The standard InChI is InChI=1S/C13H19ClN2O/c1-17-10-4-3-7-16(8-10)9-11-12(14)5-2-6-13(11)15/h2,5-6,10H,3-4,7-9,15H2,1H3. The van der Waals surface area contributed by atoms with E-state index in [0.29, 0.717) is 6.10 Å². The minimum absolute atomic E-state index is 0.340. The van der Waals surface area contributed by atoms with E-state index >= 15 is 0 Å². The van der Waals surface area contributed by atoms with Crippen LogP contribution in [0.25, 0.3) is 0 Å². The molecule has 1 heterocycles. The molecule has 1 aromatic carbocycles. The van der Waals surface area contributed by atoms with Gasteiger partial charge in [0.2, 0.25) is 0 Å². The van der Waals surface area contributed by atoms with Crippen molar-refractivity contribution >= 4 is 17.3 Å². The first kappa shape index (κ1) is 12.7. The lowest BCUT2D eigenvalue weighted by atomic mass is 10.1. The summed E-state index contributed by atoms with van der Waals surface area (Å²) in [5, 5.41) is 0.754. The molecule has 4 heteroatoms. The van der Waals surface area contributed by atoms with Crippen molar-refractivity contribution in [1.82, 2.24) is 4.90 Å². The summed E-state index contributed by atoms with van der Waals surface area (Å²) in [4.78, 5) is 2.36. The zero-order valence-corrected chi connectivity index (χ0v) is 10.9. The summed E-state index contributed by atoms with van der Waals surface area (Å²) in [6.07, 6.45) is 2.65. The number of nitrogen functional groups attached to an aromatic ring is 1. The maximum absolute atomic E-state index is 6.18. The minimum atomic E-state index is 0.340. The van der Waals surface area contributed by atoms with E-state index in [1.54, 1.807) is 7.11 Å². The highest BCUT2D eigenvalue weighted by atomic mass is 35.5. The quantitative estimate of drug-likeness (QED) is 0.843. The van der Waals surface area contributed by atoms with Crippen molar-refractivity contribution in [2.75, 3.05) is 25.9 Å². The molecule has 0 aromatic heterocycles. The molecule has 1 aromatic rings. The molecule has 1 unspecified atom stereocenters. The third-order valence-electron chi connectivity index (χ3n) is 3.33. The average Bonchev–Trinajstić information content (AvgIpc) is 2.34. The van der Waals surface area contributed by atoms with Crippen molar-refractivity contribution in [1.29, 1.82) is 0 Å². The predicted molar refractivity (Wildman–Crippen MR) is 71.2 cm³/mol. The first-order chi connectivity index (χ1) is 8.20. The number of methoxy groups -OCH3 is 1. The normalized spacial score (nSPS) is 21.6. The van der Waals surface area contributed by atoms with E-state index in [1.165, 1.54) is 6.42 Å². The van der Waals surface area contributed by atoms with Crippen LogP contribution in [0.1, 0.15) is 18.4 Å². The first-order valence-electron chi connectivity index (χ1n) is 5.98. The molecule has 0 aliphatic carbocycles. The van der Waals surface area contributed by atoms with Gasteiger partial charge in [-0.15, -0.1) is 0 Å². The highest BCUT2D eigenvalue weighted by Gasteiger charge is 2.20. The van der Waals surface area contributed by atoms with Crippen molar-refractivity contribution < 1.29 is 4.74 Å². The number of likely N-dealkylation sites (tertiary alicyclic amines) is 1. The maximum Gasteiger partial charge on any atom is 0.0698 e. The second-order valence-electron chi connectivity index (χ2n) is 4.54. The molecule has 0 spiro atoms. The molecule has 0 saturated carbocycles. The molecule has 1 saturated heterocycles. The molecule has 1 atom stereocenters. The lowest BCUT2D eigenvalue weighted by Crippen LogP contribution is -2.38. The fourth-order valence-electron chi connectivity index (χ4n) is 2.31. The number of anilines is 1. The third-order valence-corrected chi connectivity index (χ3v) is 3.69. The fraction of sp³-hybridized carbons (Fsp3) is 0.538. The van der Waals surface area contributed by atoms with E-state index in [1.807, 2.05) is 18.2 Å². The smallest absolute Gasteiger partial charge is 0.0698 e. The van der Waals surface area contributed by atoms with Crippen LogP contribution in [0.3, 0.4) is 0 Å². The van der Waals surface area contributed by atoms with Gasteiger partial charge in [0.1, 0.15) is 0 Å². The molecule has 0 amide bonds. The van der Waals surface area contributed by atoms with E-state index in [2.05, 4.69) is 4.90 Å². The molecule has 0 radical (unpaired) electrons. The number of halogens is 1. The van der Waals surface area contributed by atoms with E-state index in [-0.39, 0.29) is 0 Å². The molecule has 2 rings (SSSR count). The molecule has 17 heavy (non-hydrogen) atoms. The van der Waals surface area contributed by atoms with Crippen LogP contribution in [-0.4, -0.2) is 31.2 Å². The molecular weight excluding hydrogens is 236 g/mol.